The quantitative estimate of drug-likeness (QED) is 0.699. The first-order valence-electron chi connectivity index (χ1n) is 5.63. The second-order valence-electron chi connectivity index (χ2n) is 3.85. The van der Waals surface area contributed by atoms with Gasteiger partial charge in [0, 0.05) is 19.3 Å². The monoisotopic (exact) mass is 249 g/mol. The van der Waals surface area contributed by atoms with Crippen LogP contribution in [0.4, 0.5) is 0 Å². The largest absolute Gasteiger partial charge is 0.480 e. The molecular formula is C13H15NO4. The number of aldehydes is 1. The van der Waals surface area contributed by atoms with Crippen LogP contribution in [0.15, 0.2) is 30.3 Å². The molecule has 0 heterocycles. The highest BCUT2D eigenvalue weighted by molar-refractivity contribution is 5.84. The van der Waals surface area contributed by atoms with Gasteiger partial charge in [0.05, 0.1) is 0 Å². The van der Waals surface area contributed by atoms with E-state index >= 15 is 0 Å². The molecule has 0 bridgehead atoms. The first kappa shape index (κ1) is 13.9. The molecule has 5 nitrogen and oxygen atoms in total. The van der Waals surface area contributed by atoms with Crippen LogP contribution in [0.2, 0.25) is 0 Å². The van der Waals surface area contributed by atoms with Crippen molar-refractivity contribution in [1.82, 2.24) is 5.32 Å². The molecule has 5 heteroatoms. The molecule has 0 radical (unpaired) electrons. The molecule has 1 amide bonds. The highest BCUT2D eigenvalue weighted by Gasteiger charge is 2.19. The van der Waals surface area contributed by atoms with Gasteiger partial charge >= 0.3 is 5.97 Å². The summed E-state index contributed by atoms with van der Waals surface area (Å²) in [5, 5.41) is 11.4. The van der Waals surface area contributed by atoms with E-state index < -0.39 is 17.9 Å². The zero-order valence-electron chi connectivity index (χ0n) is 9.83. The average Bonchev–Trinajstić information content (AvgIpc) is 2.36. The Morgan fingerprint density at radius 1 is 1.28 bits per heavy atom. The van der Waals surface area contributed by atoms with Crippen LogP contribution in [0, 0.1) is 0 Å². The predicted molar refractivity (Wildman–Crippen MR) is 65.0 cm³/mol. The number of aliphatic carboxylic acids is 1. The van der Waals surface area contributed by atoms with E-state index in [1.165, 1.54) is 0 Å². The second-order valence-corrected chi connectivity index (χ2v) is 3.85. The first-order valence-corrected chi connectivity index (χ1v) is 5.63. The molecule has 0 saturated carbocycles. The van der Waals surface area contributed by atoms with Crippen molar-refractivity contribution in [3.63, 3.8) is 0 Å². The smallest absolute Gasteiger partial charge is 0.326 e. The van der Waals surface area contributed by atoms with Gasteiger partial charge in [-0.15, -0.1) is 0 Å². The van der Waals surface area contributed by atoms with E-state index in [0.29, 0.717) is 6.29 Å². The summed E-state index contributed by atoms with van der Waals surface area (Å²) in [7, 11) is 0. The van der Waals surface area contributed by atoms with E-state index in [4.69, 9.17) is 5.11 Å². The van der Waals surface area contributed by atoms with Crippen LogP contribution in [0.25, 0.3) is 0 Å². The third-order valence-corrected chi connectivity index (χ3v) is 2.41. The zero-order chi connectivity index (χ0) is 13.4. The van der Waals surface area contributed by atoms with Gasteiger partial charge in [-0.2, -0.15) is 0 Å². The Balaban J connectivity index is 2.58. The number of carboxylic acid groups (broad SMARTS) is 1. The van der Waals surface area contributed by atoms with Crippen molar-refractivity contribution in [1.29, 1.82) is 0 Å². The normalized spacial score (nSPS) is 11.6. The number of hydrogen-bond donors (Lipinski definition) is 2. The van der Waals surface area contributed by atoms with E-state index in [1.807, 2.05) is 18.2 Å². The van der Waals surface area contributed by atoms with Crippen molar-refractivity contribution in [2.24, 2.45) is 0 Å². The topological polar surface area (TPSA) is 83.5 Å². The fraction of sp³-hybridized carbons (Fsp3) is 0.308. The molecule has 18 heavy (non-hydrogen) atoms. The number of hydrogen-bond acceptors (Lipinski definition) is 3. The van der Waals surface area contributed by atoms with Crippen LogP contribution < -0.4 is 5.32 Å². The minimum atomic E-state index is -1.08. The van der Waals surface area contributed by atoms with Crippen LogP contribution in [-0.4, -0.2) is 29.3 Å². The van der Waals surface area contributed by atoms with Crippen LogP contribution >= 0.6 is 0 Å². The van der Waals surface area contributed by atoms with E-state index in [9.17, 15) is 14.4 Å². The molecule has 1 rings (SSSR count). The second kappa shape index (κ2) is 7.21. The molecule has 1 atom stereocenters. The van der Waals surface area contributed by atoms with Gasteiger partial charge < -0.3 is 15.2 Å². The van der Waals surface area contributed by atoms with Crippen molar-refractivity contribution in [3.05, 3.63) is 35.9 Å². The van der Waals surface area contributed by atoms with E-state index in [0.717, 1.165) is 5.56 Å². The van der Waals surface area contributed by atoms with E-state index in [-0.39, 0.29) is 19.3 Å². The molecule has 0 unspecified atom stereocenters. The molecule has 0 aromatic heterocycles. The van der Waals surface area contributed by atoms with Gasteiger partial charge in [0.1, 0.15) is 12.3 Å². The van der Waals surface area contributed by atoms with Crippen LogP contribution in [0.5, 0.6) is 0 Å². The number of rotatable bonds is 7. The zero-order valence-corrected chi connectivity index (χ0v) is 9.83. The van der Waals surface area contributed by atoms with Gasteiger partial charge in [-0.1, -0.05) is 30.3 Å². The Morgan fingerprint density at radius 2 is 1.94 bits per heavy atom. The van der Waals surface area contributed by atoms with E-state index in [2.05, 4.69) is 5.32 Å². The maximum Gasteiger partial charge on any atom is 0.326 e. The van der Waals surface area contributed by atoms with Crippen LogP contribution in [0.1, 0.15) is 18.4 Å². The molecule has 0 aliphatic heterocycles. The summed E-state index contributed by atoms with van der Waals surface area (Å²) in [6, 6.07) is 8.08. The fourth-order valence-electron chi connectivity index (χ4n) is 1.51. The summed E-state index contributed by atoms with van der Waals surface area (Å²) >= 11 is 0. The Hall–Kier alpha value is -2.17. The third-order valence-electron chi connectivity index (χ3n) is 2.41. The van der Waals surface area contributed by atoms with Crippen molar-refractivity contribution in [2.45, 2.75) is 25.3 Å². The lowest BCUT2D eigenvalue weighted by molar-refractivity contribution is -0.141. The van der Waals surface area contributed by atoms with Gasteiger partial charge in [-0.25, -0.2) is 4.79 Å². The first-order chi connectivity index (χ1) is 8.63. The highest BCUT2D eigenvalue weighted by atomic mass is 16.4. The molecule has 0 aliphatic carbocycles. The molecule has 0 saturated heterocycles. The molecular weight excluding hydrogens is 234 g/mol. The summed E-state index contributed by atoms with van der Waals surface area (Å²) in [6.07, 6.45) is 0.973. The lowest BCUT2D eigenvalue weighted by Gasteiger charge is -2.14. The van der Waals surface area contributed by atoms with Gasteiger partial charge in [0.2, 0.25) is 5.91 Å². The number of nitrogens with one attached hydrogen (secondary N) is 1. The Bertz CT molecular complexity index is 416. The summed E-state index contributed by atoms with van der Waals surface area (Å²) in [6.45, 7) is 0. The molecule has 0 spiro atoms. The van der Waals surface area contributed by atoms with Gasteiger partial charge in [-0.3, -0.25) is 4.79 Å². The van der Waals surface area contributed by atoms with Crippen molar-refractivity contribution in [3.8, 4) is 0 Å². The molecule has 2 N–H and O–H groups in total. The molecule has 1 aromatic rings. The van der Waals surface area contributed by atoms with Gasteiger partial charge in [0.15, 0.2) is 0 Å². The van der Waals surface area contributed by atoms with Crippen LogP contribution in [0.3, 0.4) is 0 Å². The summed E-state index contributed by atoms with van der Waals surface area (Å²) in [5.74, 6) is -1.51. The predicted octanol–water partition coefficient (Wildman–Crippen LogP) is 0.778. The molecule has 1 aromatic carbocycles. The van der Waals surface area contributed by atoms with Gasteiger partial charge in [0.25, 0.3) is 0 Å². The lowest BCUT2D eigenvalue weighted by Crippen LogP contribution is -2.42. The summed E-state index contributed by atoms with van der Waals surface area (Å²) in [4.78, 5) is 32.5. The number of amides is 1. The van der Waals surface area contributed by atoms with Crippen molar-refractivity contribution >= 4 is 18.2 Å². The Labute approximate surface area is 105 Å². The standard InChI is InChI=1S/C13H15NO4/c15-8-4-7-12(16)14-11(13(17)18)9-10-5-2-1-3-6-10/h1-3,5-6,8,11H,4,7,9H2,(H,14,16)(H,17,18)/t11-/m0/s1. The van der Waals surface area contributed by atoms with Gasteiger partial charge in [-0.05, 0) is 5.56 Å². The third kappa shape index (κ3) is 4.78. The van der Waals surface area contributed by atoms with Crippen molar-refractivity contribution in [2.75, 3.05) is 0 Å². The maximum atomic E-state index is 11.4. The summed E-state index contributed by atoms with van der Waals surface area (Å²) < 4.78 is 0. The number of carbonyl (C=O) groups excluding carboxylic acids is 2. The number of carboxylic acids is 1. The van der Waals surface area contributed by atoms with Crippen LogP contribution in [-0.2, 0) is 20.8 Å². The highest BCUT2D eigenvalue weighted by Crippen LogP contribution is 2.04. The average molecular weight is 249 g/mol. The lowest BCUT2D eigenvalue weighted by atomic mass is 10.1. The van der Waals surface area contributed by atoms with E-state index in [1.54, 1.807) is 12.1 Å². The molecule has 0 fully saturated rings. The summed E-state index contributed by atoms with van der Waals surface area (Å²) in [5.41, 5.74) is 0.834. The van der Waals surface area contributed by atoms with Crippen molar-refractivity contribution < 1.29 is 19.5 Å². The minimum Gasteiger partial charge on any atom is -0.480 e. The minimum absolute atomic E-state index is 0.0159. The number of benzene rings is 1. The maximum absolute atomic E-state index is 11.4. The molecule has 0 aliphatic rings. The fourth-order valence-corrected chi connectivity index (χ4v) is 1.51. The molecule has 96 valence electrons. The Morgan fingerprint density at radius 3 is 2.50 bits per heavy atom. The number of carbonyl (C=O) groups is 3. The Kier molecular flexibility index (Phi) is 5.57. The SMILES string of the molecule is O=CCCC(=O)N[C@@H](Cc1ccccc1)C(=O)O.